The van der Waals surface area contributed by atoms with Gasteiger partial charge in [0.1, 0.15) is 0 Å². The van der Waals surface area contributed by atoms with Crippen LogP contribution in [0.25, 0.3) is 0 Å². The average Bonchev–Trinajstić information content (AvgIpc) is 2.27. The zero-order valence-corrected chi connectivity index (χ0v) is 9.67. The standard InChI is InChI=1S/C13H18N2/c1-4-10(2)9-15-13-7-12(8-14)6-5-11(13)3/h5-7,10,15H,4,9H2,1-3H3. The number of nitrogens with one attached hydrogen (secondary N) is 1. The molecule has 15 heavy (non-hydrogen) atoms. The monoisotopic (exact) mass is 202 g/mol. The minimum Gasteiger partial charge on any atom is -0.385 e. The zero-order valence-electron chi connectivity index (χ0n) is 9.67. The van der Waals surface area contributed by atoms with Gasteiger partial charge in [0.05, 0.1) is 11.6 Å². The molecule has 0 fully saturated rings. The second-order valence-corrected chi connectivity index (χ2v) is 4.04. The van der Waals surface area contributed by atoms with Gasteiger partial charge in [0.2, 0.25) is 0 Å². The zero-order chi connectivity index (χ0) is 11.3. The molecule has 0 bridgehead atoms. The van der Waals surface area contributed by atoms with Gasteiger partial charge in [-0.1, -0.05) is 26.3 Å². The molecular formula is C13H18N2. The van der Waals surface area contributed by atoms with Crippen molar-refractivity contribution in [1.82, 2.24) is 0 Å². The second-order valence-electron chi connectivity index (χ2n) is 4.04. The molecule has 0 spiro atoms. The number of hydrogen-bond acceptors (Lipinski definition) is 2. The molecule has 1 N–H and O–H groups in total. The van der Waals surface area contributed by atoms with Crippen molar-refractivity contribution in [3.8, 4) is 6.07 Å². The van der Waals surface area contributed by atoms with Gasteiger partial charge in [-0.15, -0.1) is 0 Å². The number of nitriles is 1. The van der Waals surface area contributed by atoms with Gasteiger partial charge < -0.3 is 5.32 Å². The molecule has 0 saturated heterocycles. The molecular weight excluding hydrogens is 184 g/mol. The van der Waals surface area contributed by atoms with Crippen LogP contribution in [-0.2, 0) is 0 Å². The van der Waals surface area contributed by atoms with E-state index in [2.05, 4.69) is 32.2 Å². The first kappa shape index (κ1) is 11.6. The van der Waals surface area contributed by atoms with Crippen LogP contribution in [0.4, 0.5) is 5.69 Å². The highest BCUT2D eigenvalue weighted by molar-refractivity contribution is 5.55. The van der Waals surface area contributed by atoms with Crippen molar-refractivity contribution < 1.29 is 0 Å². The van der Waals surface area contributed by atoms with Crippen molar-refractivity contribution in [2.45, 2.75) is 27.2 Å². The number of benzene rings is 1. The third kappa shape index (κ3) is 3.28. The van der Waals surface area contributed by atoms with E-state index in [0.717, 1.165) is 12.2 Å². The fourth-order valence-electron chi connectivity index (χ4n) is 1.31. The molecule has 0 aliphatic carbocycles. The Balaban J connectivity index is 2.72. The average molecular weight is 202 g/mol. The Morgan fingerprint density at radius 1 is 1.47 bits per heavy atom. The summed E-state index contributed by atoms with van der Waals surface area (Å²) >= 11 is 0. The summed E-state index contributed by atoms with van der Waals surface area (Å²) in [7, 11) is 0. The van der Waals surface area contributed by atoms with Crippen molar-refractivity contribution >= 4 is 5.69 Å². The third-order valence-corrected chi connectivity index (χ3v) is 2.70. The van der Waals surface area contributed by atoms with Crippen LogP contribution in [-0.4, -0.2) is 6.54 Å². The van der Waals surface area contributed by atoms with Crippen LogP contribution in [0.3, 0.4) is 0 Å². The Morgan fingerprint density at radius 2 is 2.20 bits per heavy atom. The fraction of sp³-hybridized carbons (Fsp3) is 0.462. The molecule has 2 heteroatoms. The lowest BCUT2D eigenvalue weighted by Gasteiger charge is -2.13. The van der Waals surface area contributed by atoms with Gasteiger partial charge in [-0.25, -0.2) is 0 Å². The molecule has 0 radical (unpaired) electrons. The first-order valence-electron chi connectivity index (χ1n) is 5.42. The molecule has 1 unspecified atom stereocenters. The van der Waals surface area contributed by atoms with E-state index in [1.807, 2.05) is 18.2 Å². The summed E-state index contributed by atoms with van der Waals surface area (Å²) in [5.41, 5.74) is 2.99. The van der Waals surface area contributed by atoms with E-state index in [1.165, 1.54) is 12.0 Å². The van der Waals surface area contributed by atoms with Crippen LogP contribution in [0.15, 0.2) is 18.2 Å². The molecule has 0 aliphatic heterocycles. The van der Waals surface area contributed by atoms with Crippen LogP contribution >= 0.6 is 0 Å². The van der Waals surface area contributed by atoms with Crippen molar-refractivity contribution in [2.75, 3.05) is 11.9 Å². The molecule has 0 aromatic heterocycles. The lowest BCUT2D eigenvalue weighted by atomic mass is 10.1. The maximum atomic E-state index is 8.80. The first-order valence-corrected chi connectivity index (χ1v) is 5.42. The summed E-state index contributed by atoms with van der Waals surface area (Å²) in [6, 6.07) is 7.91. The van der Waals surface area contributed by atoms with Gasteiger partial charge >= 0.3 is 0 Å². The highest BCUT2D eigenvalue weighted by atomic mass is 14.9. The minimum absolute atomic E-state index is 0.662. The van der Waals surface area contributed by atoms with Gasteiger partial charge in [0.15, 0.2) is 0 Å². The molecule has 0 amide bonds. The van der Waals surface area contributed by atoms with Gasteiger partial charge in [0.25, 0.3) is 0 Å². The number of nitrogens with zero attached hydrogens (tertiary/aromatic N) is 1. The fourth-order valence-corrected chi connectivity index (χ4v) is 1.31. The van der Waals surface area contributed by atoms with Crippen molar-refractivity contribution in [2.24, 2.45) is 5.92 Å². The topological polar surface area (TPSA) is 35.8 Å². The molecule has 80 valence electrons. The van der Waals surface area contributed by atoms with E-state index in [1.54, 1.807) is 0 Å². The number of hydrogen-bond donors (Lipinski definition) is 1. The summed E-state index contributed by atoms with van der Waals surface area (Å²) in [5.74, 6) is 0.662. The first-order chi connectivity index (χ1) is 7.17. The van der Waals surface area contributed by atoms with E-state index in [9.17, 15) is 0 Å². The minimum atomic E-state index is 0.662. The number of rotatable bonds is 4. The second kappa shape index (κ2) is 5.41. The Bertz CT molecular complexity index is 363. The summed E-state index contributed by atoms with van der Waals surface area (Å²) < 4.78 is 0. The van der Waals surface area contributed by atoms with Crippen molar-refractivity contribution in [1.29, 1.82) is 5.26 Å². The van der Waals surface area contributed by atoms with Gasteiger partial charge in [-0.05, 0) is 30.5 Å². The lowest BCUT2D eigenvalue weighted by molar-refractivity contribution is 0.593. The predicted molar refractivity (Wildman–Crippen MR) is 63.8 cm³/mol. The van der Waals surface area contributed by atoms with Gasteiger partial charge in [0, 0.05) is 12.2 Å². The van der Waals surface area contributed by atoms with E-state index in [-0.39, 0.29) is 0 Å². The Kier molecular flexibility index (Phi) is 4.17. The van der Waals surface area contributed by atoms with E-state index in [4.69, 9.17) is 5.26 Å². The molecule has 1 rings (SSSR count). The molecule has 0 saturated carbocycles. The number of aryl methyl sites for hydroxylation is 1. The van der Waals surface area contributed by atoms with E-state index in [0.29, 0.717) is 11.5 Å². The lowest BCUT2D eigenvalue weighted by Crippen LogP contribution is -2.11. The largest absolute Gasteiger partial charge is 0.385 e. The van der Waals surface area contributed by atoms with Crippen LogP contribution < -0.4 is 5.32 Å². The van der Waals surface area contributed by atoms with Gasteiger partial charge in [-0.3, -0.25) is 0 Å². The number of anilines is 1. The molecule has 0 aliphatic rings. The van der Waals surface area contributed by atoms with Crippen LogP contribution in [0, 0.1) is 24.2 Å². The highest BCUT2D eigenvalue weighted by Gasteiger charge is 2.02. The summed E-state index contributed by atoms with van der Waals surface area (Å²) in [6.45, 7) is 7.42. The van der Waals surface area contributed by atoms with Crippen LogP contribution in [0.5, 0.6) is 0 Å². The predicted octanol–water partition coefficient (Wildman–Crippen LogP) is 3.32. The maximum Gasteiger partial charge on any atom is 0.0992 e. The maximum absolute atomic E-state index is 8.80. The van der Waals surface area contributed by atoms with Gasteiger partial charge in [-0.2, -0.15) is 5.26 Å². The summed E-state index contributed by atoms with van der Waals surface area (Å²) in [4.78, 5) is 0. The Labute approximate surface area is 91.9 Å². The van der Waals surface area contributed by atoms with E-state index < -0.39 is 0 Å². The SMILES string of the molecule is CCC(C)CNc1cc(C#N)ccc1C. The summed E-state index contributed by atoms with van der Waals surface area (Å²) in [5, 5.41) is 12.2. The smallest absolute Gasteiger partial charge is 0.0992 e. The van der Waals surface area contributed by atoms with Crippen LogP contribution in [0.2, 0.25) is 0 Å². The molecule has 1 aromatic rings. The van der Waals surface area contributed by atoms with E-state index >= 15 is 0 Å². The van der Waals surface area contributed by atoms with Crippen LogP contribution in [0.1, 0.15) is 31.4 Å². The molecule has 1 atom stereocenters. The third-order valence-electron chi connectivity index (χ3n) is 2.70. The highest BCUT2D eigenvalue weighted by Crippen LogP contribution is 2.17. The Hall–Kier alpha value is -1.49. The quantitative estimate of drug-likeness (QED) is 0.813. The van der Waals surface area contributed by atoms with Crippen molar-refractivity contribution in [3.05, 3.63) is 29.3 Å². The normalized spacial score (nSPS) is 11.9. The summed E-state index contributed by atoms with van der Waals surface area (Å²) in [6.07, 6.45) is 1.17. The van der Waals surface area contributed by atoms with Crippen molar-refractivity contribution in [3.63, 3.8) is 0 Å². The molecule has 1 aromatic carbocycles. The molecule has 0 heterocycles. The molecule has 2 nitrogen and oxygen atoms in total. The Morgan fingerprint density at radius 3 is 2.80 bits per heavy atom.